The third-order valence-corrected chi connectivity index (χ3v) is 4.09. The standard InChI is InChI=1S/C20H29NO6/c1-6-14(4)18(20(24)25-5)21-17(22)12-27-19(23)16-9-7-15(8-10-16)11-26-13(2)3/h7-10,13-14,18H,6,11-12H2,1-5H3,(H,21,22)/t14-,18+/m0/s1. The maximum atomic E-state index is 12.1. The summed E-state index contributed by atoms with van der Waals surface area (Å²) in [6.07, 6.45) is 0.810. The molecular weight excluding hydrogens is 350 g/mol. The summed E-state index contributed by atoms with van der Waals surface area (Å²) in [4.78, 5) is 35.9. The van der Waals surface area contributed by atoms with Gasteiger partial charge in [-0.15, -0.1) is 0 Å². The van der Waals surface area contributed by atoms with Crippen LogP contribution < -0.4 is 5.32 Å². The first-order chi connectivity index (χ1) is 12.8. The summed E-state index contributed by atoms with van der Waals surface area (Å²) in [5.41, 5.74) is 1.27. The normalized spacial score (nSPS) is 13.0. The summed E-state index contributed by atoms with van der Waals surface area (Å²) < 4.78 is 15.2. The molecule has 1 rings (SSSR count). The molecule has 0 saturated carbocycles. The van der Waals surface area contributed by atoms with Crippen molar-refractivity contribution in [2.24, 2.45) is 5.92 Å². The number of hydrogen-bond acceptors (Lipinski definition) is 6. The molecule has 0 aliphatic carbocycles. The van der Waals surface area contributed by atoms with Gasteiger partial charge in [0.2, 0.25) is 0 Å². The van der Waals surface area contributed by atoms with Crippen molar-refractivity contribution in [3.63, 3.8) is 0 Å². The maximum absolute atomic E-state index is 12.1. The Kier molecular flexibility index (Phi) is 9.50. The minimum atomic E-state index is -0.772. The third kappa shape index (κ3) is 7.78. The summed E-state index contributed by atoms with van der Waals surface area (Å²) >= 11 is 0. The SMILES string of the molecule is CC[C@H](C)[C@@H](NC(=O)COC(=O)c1ccc(COC(C)C)cc1)C(=O)OC. The van der Waals surface area contributed by atoms with Crippen molar-refractivity contribution in [3.8, 4) is 0 Å². The van der Waals surface area contributed by atoms with Gasteiger partial charge in [0.05, 0.1) is 25.4 Å². The molecule has 0 aromatic heterocycles. The van der Waals surface area contributed by atoms with E-state index in [9.17, 15) is 14.4 Å². The number of nitrogens with one attached hydrogen (secondary N) is 1. The highest BCUT2D eigenvalue weighted by Crippen LogP contribution is 2.10. The highest BCUT2D eigenvalue weighted by Gasteiger charge is 2.27. The van der Waals surface area contributed by atoms with Gasteiger partial charge in [-0.2, -0.15) is 0 Å². The Hall–Kier alpha value is -2.41. The Labute approximate surface area is 160 Å². The average Bonchev–Trinajstić information content (AvgIpc) is 2.67. The van der Waals surface area contributed by atoms with Crippen molar-refractivity contribution in [1.29, 1.82) is 0 Å². The lowest BCUT2D eigenvalue weighted by Crippen LogP contribution is -2.47. The summed E-state index contributed by atoms with van der Waals surface area (Å²) in [5, 5.41) is 2.55. The fraction of sp³-hybridized carbons (Fsp3) is 0.550. The molecule has 0 heterocycles. The number of rotatable bonds is 10. The second-order valence-corrected chi connectivity index (χ2v) is 6.59. The number of hydrogen-bond donors (Lipinski definition) is 1. The first-order valence-electron chi connectivity index (χ1n) is 9.03. The van der Waals surface area contributed by atoms with Crippen LogP contribution in [0.15, 0.2) is 24.3 Å². The molecule has 150 valence electrons. The van der Waals surface area contributed by atoms with Crippen LogP contribution in [-0.4, -0.2) is 43.7 Å². The van der Waals surface area contributed by atoms with Gasteiger partial charge < -0.3 is 19.5 Å². The molecule has 1 aromatic rings. The fourth-order valence-electron chi connectivity index (χ4n) is 2.23. The van der Waals surface area contributed by atoms with Crippen LogP contribution in [0.4, 0.5) is 0 Å². The van der Waals surface area contributed by atoms with Crippen LogP contribution in [0.1, 0.15) is 50.0 Å². The quantitative estimate of drug-likeness (QED) is 0.628. The van der Waals surface area contributed by atoms with Crippen LogP contribution in [0, 0.1) is 5.92 Å². The van der Waals surface area contributed by atoms with Gasteiger partial charge in [-0.1, -0.05) is 32.4 Å². The Balaban J connectivity index is 2.55. The summed E-state index contributed by atoms with van der Waals surface area (Å²) in [5.74, 6) is -1.79. The molecular formula is C20H29NO6. The van der Waals surface area contributed by atoms with Crippen molar-refractivity contribution in [2.45, 2.75) is 52.9 Å². The van der Waals surface area contributed by atoms with E-state index in [1.165, 1.54) is 7.11 Å². The zero-order valence-corrected chi connectivity index (χ0v) is 16.6. The molecule has 0 unspecified atom stereocenters. The Morgan fingerprint density at radius 1 is 1.07 bits per heavy atom. The van der Waals surface area contributed by atoms with Gasteiger partial charge in [-0.25, -0.2) is 9.59 Å². The van der Waals surface area contributed by atoms with Crippen molar-refractivity contribution >= 4 is 17.8 Å². The van der Waals surface area contributed by atoms with Crippen molar-refractivity contribution in [3.05, 3.63) is 35.4 Å². The minimum absolute atomic E-state index is 0.0993. The number of methoxy groups -OCH3 is 1. The molecule has 0 radical (unpaired) electrons. The van der Waals surface area contributed by atoms with Crippen molar-refractivity contribution in [2.75, 3.05) is 13.7 Å². The van der Waals surface area contributed by atoms with Crippen LogP contribution >= 0.6 is 0 Å². The van der Waals surface area contributed by atoms with E-state index in [2.05, 4.69) is 5.32 Å². The van der Waals surface area contributed by atoms with Gasteiger partial charge in [-0.05, 0) is 37.5 Å². The lowest BCUT2D eigenvalue weighted by molar-refractivity contribution is -0.147. The Morgan fingerprint density at radius 2 is 1.70 bits per heavy atom. The molecule has 27 heavy (non-hydrogen) atoms. The number of carbonyl (C=O) groups excluding carboxylic acids is 3. The average molecular weight is 379 g/mol. The van der Waals surface area contributed by atoms with Crippen molar-refractivity contribution in [1.82, 2.24) is 5.32 Å². The van der Waals surface area contributed by atoms with Crippen LogP contribution in [0.3, 0.4) is 0 Å². The molecule has 0 fully saturated rings. The van der Waals surface area contributed by atoms with Gasteiger partial charge in [0.1, 0.15) is 6.04 Å². The second kappa shape index (κ2) is 11.3. The molecule has 0 aliphatic rings. The van der Waals surface area contributed by atoms with E-state index in [0.717, 1.165) is 5.56 Å². The topological polar surface area (TPSA) is 90.9 Å². The van der Waals surface area contributed by atoms with Crippen molar-refractivity contribution < 1.29 is 28.6 Å². The minimum Gasteiger partial charge on any atom is -0.467 e. The molecule has 7 heteroatoms. The van der Waals surface area contributed by atoms with E-state index in [4.69, 9.17) is 14.2 Å². The molecule has 1 aromatic carbocycles. The van der Waals surface area contributed by atoms with E-state index >= 15 is 0 Å². The van der Waals surface area contributed by atoms with E-state index in [1.54, 1.807) is 24.3 Å². The summed E-state index contributed by atoms with van der Waals surface area (Å²) in [6, 6.07) is 6.02. The van der Waals surface area contributed by atoms with Crippen LogP contribution in [-0.2, 0) is 30.4 Å². The van der Waals surface area contributed by atoms with Gasteiger partial charge >= 0.3 is 11.9 Å². The highest BCUT2D eigenvalue weighted by atomic mass is 16.5. The van der Waals surface area contributed by atoms with E-state index in [-0.39, 0.29) is 12.0 Å². The van der Waals surface area contributed by atoms with Gasteiger partial charge in [0.25, 0.3) is 5.91 Å². The summed E-state index contributed by atoms with van der Waals surface area (Å²) in [6.45, 7) is 7.62. The predicted molar refractivity (Wildman–Crippen MR) is 100 cm³/mol. The molecule has 1 amide bonds. The Morgan fingerprint density at radius 3 is 2.22 bits per heavy atom. The number of ether oxygens (including phenoxy) is 3. The van der Waals surface area contributed by atoms with Crippen LogP contribution in [0.2, 0.25) is 0 Å². The Bertz CT molecular complexity index is 626. The van der Waals surface area contributed by atoms with Gasteiger partial charge in [0, 0.05) is 0 Å². The number of benzene rings is 1. The number of amides is 1. The lowest BCUT2D eigenvalue weighted by Gasteiger charge is -2.21. The van der Waals surface area contributed by atoms with E-state index in [0.29, 0.717) is 18.6 Å². The molecule has 0 aliphatic heterocycles. The first kappa shape index (κ1) is 22.6. The predicted octanol–water partition coefficient (Wildman–Crippen LogP) is 2.47. The van der Waals surface area contributed by atoms with Crippen LogP contribution in [0.5, 0.6) is 0 Å². The smallest absolute Gasteiger partial charge is 0.338 e. The molecule has 1 N–H and O–H groups in total. The molecule has 0 spiro atoms. The number of esters is 2. The maximum Gasteiger partial charge on any atom is 0.338 e. The molecule has 2 atom stereocenters. The lowest BCUT2D eigenvalue weighted by atomic mass is 9.99. The number of carbonyl (C=O) groups is 3. The van der Waals surface area contributed by atoms with Crippen LogP contribution in [0.25, 0.3) is 0 Å². The third-order valence-electron chi connectivity index (χ3n) is 4.09. The van der Waals surface area contributed by atoms with E-state index in [1.807, 2.05) is 27.7 Å². The molecule has 7 nitrogen and oxygen atoms in total. The van der Waals surface area contributed by atoms with E-state index < -0.39 is 30.5 Å². The zero-order valence-electron chi connectivity index (χ0n) is 16.6. The monoisotopic (exact) mass is 379 g/mol. The molecule has 0 bridgehead atoms. The largest absolute Gasteiger partial charge is 0.467 e. The second-order valence-electron chi connectivity index (χ2n) is 6.59. The zero-order chi connectivity index (χ0) is 20.4. The molecule has 0 saturated heterocycles. The fourth-order valence-corrected chi connectivity index (χ4v) is 2.23. The van der Waals surface area contributed by atoms with Gasteiger partial charge in [0.15, 0.2) is 6.61 Å². The summed E-state index contributed by atoms with van der Waals surface area (Å²) in [7, 11) is 1.26. The van der Waals surface area contributed by atoms with Gasteiger partial charge in [-0.3, -0.25) is 4.79 Å². The highest BCUT2D eigenvalue weighted by molar-refractivity contribution is 5.92. The first-order valence-corrected chi connectivity index (χ1v) is 9.03.